The number of alkyl halides is 3. The molecule has 0 unspecified atom stereocenters. The minimum atomic E-state index is -4.53. The summed E-state index contributed by atoms with van der Waals surface area (Å²) >= 11 is 6.00. The van der Waals surface area contributed by atoms with Crippen LogP contribution in [0.1, 0.15) is 17.1 Å². The molecule has 4 rings (SSSR count). The largest absolute Gasteiger partial charge is 0.457 e. The standard InChI is InChI=1S/C20H12ClF3N2O/c21-14-5-3-4-13(20(22,23)24)19(14)17-10-8-12(27-17)9-11-18-25-15-6-1-2-7-16(15)26-18/h1-11H,(H,25,26)/b11-9+. The maximum atomic E-state index is 13.3. The Morgan fingerprint density at radius 3 is 2.56 bits per heavy atom. The van der Waals surface area contributed by atoms with Crippen LogP contribution >= 0.6 is 11.6 Å². The van der Waals surface area contributed by atoms with Gasteiger partial charge in [0.1, 0.15) is 17.3 Å². The van der Waals surface area contributed by atoms with Crippen LogP contribution in [0, 0.1) is 0 Å². The summed E-state index contributed by atoms with van der Waals surface area (Å²) < 4.78 is 45.4. The van der Waals surface area contributed by atoms with Gasteiger partial charge in [-0.15, -0.1) is 0 Å². The van der Waals surface area contributed by atoms with Gasteiger partial charge in [0, 0.05) is 5.56 Å². The maximum absolute atomic E-state index is 13.3. The number of rotatable bonds is 3. The van der Waals surface area contributed by atoms with Gasteiger partial charge >= 0.3 is 6.18 Å². The van der Waals surface area contributed by atoms with Gasteiger partial charge in [-0.2, -0.15) is 13.2 Å². The lowest BCUT2D eigenvalue weighted by molar-refractivity contribution is -0.137. The molecule has 0 saturated heterocycles. The number of furan rings is 1. The number of para-hydroxylation sites is 2. The number of imidazole rings is 1. The summed E-state index contributed by atoms with van der Waals surface area (Å²) in [6, 6.07) is 14.3. The van der Waals surface area contributed by atoms with Gasteiger partial charge in [-0.3, -0.25) is 0 Å². The number of hydrogen-bond donors (Lipinski definition) is 1. The van der Waals surface area contributed by atoms with Crippen molar-refractivity contribution < 1.29 is 17.6 Å². The average Bonchev–Trinajstić information content (AvgIpc) is 3.25. The number of nitrogens with zero attached hydrogens (tertiary/aromatic N) is 1. The van der Waals surface area contributed by atoms with Crippen molar-refractivity contribution >= 4 is 34.8 Å². The molecular formula is C20H12ClF3N2O. The molecule has 2 aromatic carbocycles. The smallest absolute Gasteiger partial charge is 0.417 e. The third-order valence-corrected chi connectivity index (χ3v) is 4.32. The molecule has 0 aliphatic heterocycles. The molecule has 0 radical (unpaired) electrons. The lowest BCUT2D eigenvalue weighted by atomic mass is 10.0. The van der Waals surface area contributed by atoms with Crippen molar-refractivity contribution in [3.8, 4) is 11.3 Å². The first-order valence-corrected chi connectivity index (χ1v) is 8.38. The summed E-state index contributed by atoms with van der Waals surface area (Å²) in [7, 11) is 0. The molecule has 2 aromatic heterocycles. The van der Waals surface area contributed by atoms with E-state index in [4.69, 9.17) is 16.0 Å². The van der Waals surface area contributed by atoms with Gasteiger partial charge in [0.05, 0.1) is 21.6 Å². The minimum Gasteiger partial charge on any atom is -0.457 e. The molecule has 0 aliphatic carbocycles. The zero-order valence-corrected chi connectivity index (χ0v) is 14.5. The van der Waals surface area contributed by atoms with E-state index < -0.39 is 11.7 Å². The van der Waals surface area contributed by atoms with Gasteiger partial charge < -0.3 is 9.40 Å². The summed E-state index contributed by atoms with van der Waals surface area (Å²) in [5, 5.41) is -0.0213. The van der Waals surface area contributed by atoms with Crippen molar-refractivity contribution in [2.45, 2.75) is 6.18 Å². The highest BCUT2D eigenvalue weighted by Crippen LogP contribution is 2.41. The van der Waals surface area contributed by atoms with Gasteiger partial charge in [0.25, 0.3) is 0 Å². The SMILES string of the molecule is FC(F)(F)c1cccc(Cl)c1-c1ccc(/C=C/c2nc3ccccc3[nH]2)o1. The zero-order valence-electron chi connectivity index (χ0n) is 13.7. The van der Waals surface area contributed by atoms with Crippen LogP contribution in [0.3, 0.4) is 0 Å². The highest BCUT2D eigenvalue weighted by molar-refractivity contribution is 6.33. The third kappa shape index (κ3) is 3.48. The van der Waals surface area contributed by atoms with Crippen molar-refractivity contribution in [3.05, 3.63) is 76.8 Å². The first-order chi connectivity index (χ1) is 12.9. The molecule has 1 N–H and O–H groups in total. The third-order valence-electron chi connectivity index (χ3n) is 4.01. The first kappa shape index (κ1) is 17.4. The van der Waals surface area contributed by atoms with Crippen LogP contribution in [0.15, 0.2) is 59.0 Å². The van der Waals surface area contributed by atoms with E-state index in [1.807, 2.05) is 24.3 Å². The molecule has 0 amide bonds. The summed E-state index contributed by atoms with van der Waals surface area (Å²) in [5.74, 6) is 1.05. The van der Waals surface area contributed by atoms with Gasteiger partial charge in [-0.1, -0.05) is 29.8 Å². The quantitative estimate of drug-likeness (QED) is 0.426. The Morgan fingerprint density at radius 1 is 0.963 bits per heavy atom. The van der Waals surface area contributed by atoms with Crippen molar-refractivity contribution in [1.29, 1.82) is 0 Å². The monoisotopic (exact) mass is 388 g/mol. The van der Waals surface area contributed by atoms with Crippen LogP contribution in [-0.2, 0) is 6.18 Å². The zero-order chi connectivity index (χ0) is 19.0. The second-order valence-corrected chi connectivity index (χ2v) is 6.24. The number of nitrogens with one attached hydrogen (secondary N) is 1. The number of hydrogen-bond acceptors (Lipinski definition) is 2. The van der Waals surface area contributed by atoms with Crippen molar-refractivity contribution in [2.75, 3.05) is 0 Å². The maximum Gasteiger partial charge on any atom is 0.417 e. The highest BCUT2D eigenvalue weighted by Gasteiger charge is 2.35. The average molecular weight is 389 g/mol. The fraction of sp³-hybridized carbons (Fsp3) is 0.0500. The van der Waals surface area contributed by atoms with Gasteiger partial charge in [0.2, 0.25) is 0 Å². The summed E-state index contributed by atoms with van der Waals surface area (Å²) in [5.41, 5.74) is 0.707. The number of aromatic amines is 1. The van der Waals surface area contributed by atoms with E-state index in [1.54, 1.807) is 18.2 Å². The minimum absolute atomic E-state index is 0.0213. The van der Waals surface area contributed by atoms with E-state index in [1.165, 1.54) is 18.2 Å². The molecule has 0 atom stereocenters. The fourth-order valence-electron chi connectivity index (χ4n) is 2.80. The van der Waals surface area contributed by atoms with E-state index in [0.717, 1.165) is 17.1 Å². The van der Waals surface area contributed by atoms with Crippen LogP contribution < -0.4 is 0 Å². The molecule has 0 bridgehead atoms. The fourth-order valence-corrected chi connectivity index (χ4v) is 3.07. The molecule has 27 heavy (non-hydrogen) atoms. The van der Waals surface area contributed by atoms with Crippen LogP contribution in [0.2, 0.25) is 5.02 Å². The van der Waals surface area contributed by atoms with E-state index in [-0.39, 0.29) is 16.3 Å². The number of fused-ring (bicyclic) bond motifs is 1. The second-order valence-electron chi connectivity index (χ2n) is 5.83. The Hall–Kier alpha value is -2.99. The topological polar surface area (TPSA) is 41.8 Å². The normalized spacial score (nSPS) is 12.3. The van der Waals surface area contributed by atoms with E-state index >= 15 is 0 Å². The second kappa shape index (κ2) is 6.63. The van der Waals surface area contributed by atoms with Crippen molar-refractivity contribution in [2.24, 2.45) is 0 Å². The Labute approximate surface area is 157 Å². The summed E-state index contributed by atoms with van der Waals surface area (Å²) in [6.07, 6.45) is -1.21. The predicted octanol–water partition coefficient (Wildman–Crippen LogP) is 6.67. The van der Waals surface area contributed by atoms with Gasteiger partial charge in [-0.05, 0) is 48.6 Å². The first-order valence-electron chi connectivity index (χ1n) is 8.00. The Bertz CT molecular complexity index is 1110. The Balaban J connectivity index is 1.66. The van der Waals surface area contributed by atoms with Crippen LogP contribution in [0.4, 0.5) is 13.2 Å². The van der Waals surface area contributed by atoms with Crippen LogP contribution in [0.5, 0.6) is 0 Å². The highest BCUT2D eigenvalue weighted by atomic mass is 35.5. The molecule has 0 spiro atoms. The molecule has 4 aromatic rings. The number of benzene rings is 2. The molecule has 7 heteroatoms. The Kier molecular flexibility index (Phi) is 4.28. The van der Waals surface area contributed by atoms with Crippen LogP contribution in [-0.4, -0.2) is 9.97 Å². The van der Waals surface area contributed by atoms with Gasteiger partial charge in [0.15, 0.2) is 0 Å². The summed E-state index contributed by atoms with van der Waals surface area (Å²) in [4.78, 5) is 7.53. The molecule has 0 aliphatic rings. The van der Waals surface area contributed by atoms with Crippen molar-refractivity contribution in [3.63, 3.8) is 0 Å². The van der Waals surface area contributed by atoms with Gasteiger partial charge in [-0.25, -0.2) is 4.98 Å². The molecule has 2 heterocycles. The molecule has 0 fully saturated rings. The van der Waals surface area contributed by atoms with E-state index in [0.29, 0.717) is 11.6 Å². The number of H-pyrrole nitrogens is 1. The lowest BCUT2D eigenvalue weighted by Crippen LogP contribution is -2.07. The number of halogens is 4. The molecule has 0 saturated carbocycles. The van der Waals surface area contributed by atoms with Crippen LogP contribution in [0.25, 0.3) is 34.5 Å². The molecular weight excluding hydrogens is 377 g/mol. The van der Waals surface area contributed by atoms with Crippen molar-refractivity contribution in [1.82, 2.24) is 9.97 Å². The van der Waals surface area contributed by atoms with E-state index in [2.05, 4.69) is 9.97 Å². The lowest BCUT2D eigenvalue weighted by Gasteiger charge is -2.12. The predicted molar refractivity (Wildman–Crippen MR) is 99.2 cm³/mol. The van der Waals surface area contributed by atoms with E-state index in [9.17, 15) is 13.2 Å². The summed E-state index contributed by atoms with van der Waals surface area (Å²) in [6.45, 7) is 0. The number of aromatic nitrogens is 2. The Morgan fingerprint density at radius 2 is 1.78 bits per heavy atom. The molecule has 3 nitrogen and oxygen atoms in total. The molecule has 136 valence electrons.